The Morgan fingerprint density at radius 3 is 2.63 bits per heavy atom. The maximum Gasteiger partial charge on any atom is 0.229 e. The molecule has 0 bridgehead atoms. The molecular weight excluding hydrogens is 258 g/mol. The van der Waals surface area contributed by atoms with Crippen LogP contribution in [0.2, 0.25) is 5.28 Å². The van der Waals surface area contributed by atoms with Gasteiger partial charge in [-0.3, -0.25) is 4.57 Å². The van der Waals surface area contributed by atoms with Gasteiger partial charge in [0, 0.05) is 6.42 Å². The summed E-state index contributed by atoms with van der Waals surface area (Å²) in [6.07, 6.45) is 1.88. The quantitative estimate of drug-likeness (QED) is 0.720. The minimum Gasteiger partial charge on any atom is -0.270 e. The summed E-state index contributed by atoms with van der Waals surface area (Å²) in [6, 6.07) is 14.5. The van der Waals surface area contributed by atoms with Crippen molar-refractivity contribution in [1.82, 2.24) is 14.8 Å². The van der Waals surface area contributed by atoms with Gasteiger partial charge in [0.2, 0.25) is 5.28 Å². The molecule has 0 spiro atoms. The first-order valence-electron chi connectivity index (χ1n) is 6.38. The first-order valence-corrected chi connectivity index (χ1v) is 6.76. The molecule has 0 aliphatic heterocycles. The number of hydrogen-bond acceptors (Lipinski definition) is 2. The van der Waals surface area contributed by atoms with Crippen LogP contribution in [0.1, 0.15) is 19.2 Å². The molecule has 0 fully saturated rings. The second kappa shape index (κ2) is 5.02. The lowest BCUT2D eigenvalue weighted by atomic mass is 10.1. The van der Waals surface area contributed by atoms with E-state index in [4.69, 9.17) is 11.6 Å². The van der Waals surface area contributed by atoms with Crippen LogP contribution in [-0.4, -0.2) is 14.8 Å². The van der Waals surface area contributed by atoms with Gasteiger partial charge in [0.25, 0.3) is 0 Å². The van der Waals surface area contributed by atoms with Crippen molar-refractivity contribution in [3.63, 3.8) is 0 Å². The molecule has 0 saturated carbocycles. The van der Waals surface area contributed by atoms with Crippen molar-refractivity contribution in [1.29, 1.82) is 0 Å². The van der Waals surface area contributed by atoms with Crippen LogP contribution >= 0.6 is 11.6 Å². The summed E-state index contributed by atoms with van der Waals surface area (Å²) in [6.45, 7) is 2.12. The van der Waals surface area contributed by atoms with Gasteiger partial charge < -0.3 is 0 Å². The van der Waals surface area contributed by atoms with Gasteiger partial charge in [-0.2, -0.15) is 0 Å². The van der Waals surface area contributed by atoms with Crippen molar-refractivity contribution < 1.29 is 0 Å². The molecule has 0 saturated heterocycles. The molecule has 0 unspecified atom stereocenters. The molecule has 0 atom stereocenters. The number of aryl methyl sites for hydroxylation is 1. The predicted octanol–water partition coefficient (Wildman–Crippen LogP) is 4.03. The topological polar surface area (TPSA) is 30.7 Å². The highest BCUT2D eigenvalue weighted by Gasteiger charge is 2.11. The van der Waals surface area contributed by atoms with Crippen LogP contribution in [0, 0.1) is 0 Å². The number of fused-ring (bicyclic) bond motifs is 1. The molecule has 3 nitrogen and oxygen atoms in total. The maximum absolute atomic E-state index is 6.16. The van der Waals surface area contributed by atoms with E-state index in [9.17, 15) is 0 Å². The minimum atomic E-state index is 0.415. The average Bonchev–Trinajstić information content (AvgIpc) is 2.80. The predicted molar refractivity (Wildman–Crippen MR) is 77.9 cm³/mol. The molecule has 19 heavy (non-hydrogen) atoms. The van der Waals surface area contributed by atoms with E-state index in [1.807, 2.05) is 16.7 Å². The number of hydrogen-bond donors (Lipinski definition) is 0. The summed E-state index contributed by atoms with van der Waals surface area (Å²) < 4.78 is 1.91. The number of nitrogens with zero attached hydrogens (tertiary/aromatic N) is 3. The fraction of sp³-hybridized carbons (Fsp3) is 0.200. The number of benzene rings is 2. The van der Waals surface area contributed by atoms with Crippen LogP contribution in [-0.2, 0) is 6.42 Å². The van der Waals surface area contributed by atoms with Crippen LogP contribution in [0.5, 0.6) is 0 Å². The van der Waals surface area contributed by atoms with Crippen molar-refractivity contribution in [2.24, 2.45) is 0 Å². The fourth-order valence-electron chi connectivity index (χ4n) is 2.25. The molecule has 3 rings (SSSR count). The zero-order valence-electron chi connectivity index (χ0n) is 10.7. The van der Waals surface area contributed by atoms with Crippen LogP contribution in [0.15, 0.2) is 42.5 Å². The summed E-state index contributed by atoms with van der Waals surface area (Å²) in [7, 11) is 0. The summed E-state index contributed by atoms with van der Waals surface area (Å²) in [5, 5.41) is 10.9. The van der Waals surface area contributed by atoms with E-state index in [1.165, 1.54) is 10.8 Å². The largest absolute Gasteiger partial charge is 0.270 e. The molecule has 0 radical (unpaired) electrons. The van der Waals surface area contributed by atoms with Gasteiger partial charge in [0.1, 0.15) is 5.82 Å². The first-order chi connectivity index (χ1) is 9.29. The molecule has 0 amide bonds. The van der Waals surface area contributed by atoms with Crippen molar-refractivity contribution in [2.75, 3.05) is 0 Å². The molecule has 0 aliphatic carbocycles. The Hall–Kier alpha value is -1.87. The van der Waals surface area contributed by atoms with Crippen LogP contribution in [0.3, 0.4) is 0 Å². The normalized spacial score (nSPS) is 11.1. The SMILES string of the molecule is CCCc1nnc(Cl)n1-c1ccc2ccccc2c1. The van der Waals surface area contributed by atoms with E-state index in [-0.39, 0.29) is 0 Å². The summed E-state index contributed by atoms with van der Waals surface area (Å²) in [4.78, 5) is 0. The van der Waals surface area contributed by atoms with Gasteiger partial charge in [0.05, 0.1) is 5.69 Å². The molecular formula is C15H14ClN3. The monoisotopic (exact) mass is 271 g/mol. The van der Waals surface area contributed by atoms with Gasteiger partial charge in [-0.25, -0.2) is 0 Å². The third kappa shape index (κ3) is 2.22. The molecule has 0 N–H and O–H groups in total. The lowest BCUT2D eigenvalue weighted by Crippen LogP contribution is -2.01. The zero-order valence-corrected chi connectivity index (χ0v) is 11.4. The Balaban J connectivity index is 2.16. The number of halogens is 1. The van der Waals surface area contributed by atoms with Gasteiger partial charge in [0.15, 0.2) is 0 Å². The van der Waals surface area contributed by atoms with Gasteiger partial charge in [-0.05, 0) is 40.9 Å². The molecule has 1 heterocycles. The summed E-state index contributed by atoms with van der Waals surface area (Å²) in [5.41, 5.74) is 1.01. The Morgan fingerprint density at radius 2 is 1.84 bits per heavy atom. The minimum absolute atomic E-state index is 0.415. The van der Waals surface area contributed by atoms with Crippen molar-refractivity contribution in [3.8, 4) is 5.69 Å². The lowest BCUT2D eigenvalue weighted by molar-refractivity contribution is 0.803. The number of aromatic nitrogens is 3. The second-order valence-corrected chi connectivity index (χ2v) is 4.84. The number of rotatable bonds is 3. The van der Waals surface area contributed by atoms with E-state index in [0.29, 0.717) is 5.28 Å². The van der Waals surface area contributed by atoms with Crippen molar-refractivity contribution in [2.45, 2.75) is 19.8 Å². The smallest absolute Gasteiger partial charge is 0.229 e. The van der Waals surface area contributed by atoms with Crippen LogP contribution in [0.4, 0.5) is 0 Å². The van der Waals surface area contributed by atoms with Gasteiger partial charge in [-0.15, -0.1) is 10.2 Å². The Labute approximate surface area is 116 Å². The van der Waals surface area contributed by atoms with E-state index >= 15 is 0 Å². The lowest BCUT2D eigenvalue weighted by Gasteiger charge is -2.08. The van der Waals surface area contributed by atoms with E-state index < -0.39 is 0 Å². The Kier molecular flexibility index (Phi) is 3.22. The van der Waals surface area contributed by atoms with E-state index in [0.717, 1.165) is 24.4 Å². The highest BCUT2D eigenvalue weighted by molar-refractivity contribution is 6.28. The molecule has 4 heteroatoms. The van der Waals surface area contributed by atoms with Crippen molar-refractivity contribution in [3.05, 3.63) is 53.6 Å². The highest BCUT2D eigenvalue weighted by Crippen LogP contribution is 2.22. The highest BCUT2D eigenvalue weighted by atomic mass is 35.5. The van der Waals surface area contributed by atoms with Crippen molar-refractivity contribution >= 4 is 22.4 Å². The molecule has 3 aromatic rings. The standard InChI is InChI=1S/C15H14ClN3/c1-2-5-14-17-18-15(16)19(14)13-9-8-11-6-3-4-7-12(11)10-13/h3-4,6-10H,2,5H2,1H3. The Bertz CT molecular complexity index is 718. The van der Waals surface area contributed by atoms with Crippen LogP contribution in [0.25, 0.3) is 16.5 Å². The Morgan fingerprint density at radius 1 is 1.05 bits per heavy atom. The average molecular weight is 272 g/mol. The second-order valence-electron chi connectivity index (χ2n) is 4.50. The van der Waals surface area contributed by atoms with Gasteiger partial charge in [-0.1, -0.05) is 37.3 Å². The van der Waals surface area contributed by atoms with E-state index in [2.05, 4.69) is 47.5 Å². The molecule has 2 aromatic carbocycles. The molecule has 0 aliphatic rings. The third-order valence-corrected chi connectivity index (χ3v) is 3.40. The summed E-state index contributed by atoms with van der Waals surface area (Å²) in [5.74, 6) is 0.905. The van der Waals surface area contributed by atoms with Crippen LogP contribution < -0.4 is 0 Å². The van der Waals surface area contributed by atoms with Gasteiger partial charge >= 0.3 is 0 Å². The zero-order chi connectivity index (χ0) is 13.2. The fourth-order valence-corrected chi connectivity index (χ4v) is 2.48. The molecule has 1 aromatic heterocycles. The first kappa shape index (κ1) is 12.2. The summed E-state index contributed by atoms with van der Waals surface area (Å²) >= 11 is 6.16. The van der Waals surface area contributed by atoms with E-state index in [1.54, 1.807) is 0 Å². The third-order valence-electron chi connectivity index (χ3n) is 3.16. The maximum atomic E-state index is 6.16. The molecule has 96 valence electrons.